The van der Waals surface area contributed by atoms with E-state index in [1.54, 1.807) is 18.2 Å². The molecule has 56 heavy (non-hydrogen) atoms. The van der Waals surface area contributed by atoms with E-state index >= 15 is 0 Å². The van der Waals surface area contributed by atoms with Crippen LogP contribution in [0.5, 0.6) is 0 Å². The van der Waals surface area contributed by atoms with Crippen molar-refractivity contribution in [2.24, 2.45) is 0 Å². The van der Waals surface area contributed by atoms with Crippen molar-refractivity contribution in [2.45, 2.75) is 6.18 Å². The lowest BCUT2D eigenvalue weighted by Gasteiger charge is -2.22. The molecule has 0 saturated heterocycles. The number of para-hydroxylation sites is 2. The highest BCUT2D eigenvalue weighted by Gasteiger charge is 2.35. The highest BCUT2D eigenvalue weighted by molar-refractivity contribution is 6.13. The number of rotatable bonds is 5. The van der Waals surface area contributed by atoms with Crippen LogP contribution in [0.15, 0.2) is 182 Å². The Labute approximate surface area is 320 Å². The fourth-order valence-electron chi connectivity index (χ4n) is 8.36. The Balaban J connectivity index is 1.33. The Morgan fingerprint density at radius 2 is 0.893 bits per heavy atom. The minimum atomic E-state index is -4.63. The zero-order valence-electron chi connectivity index (χ0n) is 29.8. The smallest absolute Gasteiger partial charge is 0.308 e. The van der Waals surface area contributed by atoms with Gasteiger partial charge in [-0.05, 0) is 76.3 Å². The van der Waals surface area contributed by atoms with Gasteiger partial charge < -0.3 is 9.13 Å². The molecule has 0 unspecified atom stereocenters. The number of alkyl halides is 3. The Kier molecular flexibility index (Phi) is 7.65. The molecule has 0 saturated carbocycles. The standard InChI is InChI=1S/C50H30F3N3/c51-50(52,53)43-20-10-7-17-36(43)39-25-28-48(55-44-21-11-8-18-37(44)40-29-34(23-26-46(40)55)32-13-3-1-4-14-32)42(31-54)49(39)56-45-22-12-9-19-38(45)41-30-35(24-27-47(41)56)33-15-5-2-6-16-33/h1-30H. The second kappa shape index (κ2) is 12.9. The highest BCUT2D eigenvalue weighted by Crippen LogP contribution is 2.45. The zero-order valence-corrected chi connectivity index (χ0v) is 29.8. The van der Waals surface area contributed by atoms with Crippen molar-refractivity contribution >= 4 is 43.6 Å². The van der Waals surface area contributed by atoms with Gasteiger partial charge in [0.1, 0.15) is 11.6 Å². The molecule has 10 aromatic rings. The molecule has 0 aliphatic carbocycles. The van der Waals surface area contributed by atoms with Crippen molar-refractivity contribution in [3.63, 3.8) is 0 Å². The molecule has 2 heterocycles. The zero-order chi connectivity index (χ0) is 38.0. The molecule has 266 valence electrons. The average molecular weight is 730 g/mol. The number of aromatic nitrogens is 2. The van der Waals surface area contributed by atoms with Crippen molar-refractivity contribution < 1.29 is 13.2 Å². The van der Waals surface area contributed by atoms with Crippen molar-refractivity contribution in [2.75, 3.05) is 0 Å². The molecule has 10 rings (SSSR count). The number of benzene rings is 8. The summed E-state index contributed by atoms with van der Waals surface area (Å²) in [5.41, 5.74) is 8.27. The largest absolute Gasteiger partial charge is 0.417 e. The van der Waals surface area contributed by atoms with Gasteiger partial charge in [-0.1, -0.05) is 133 Å². The van der Waals surface area contributed by atoms with Crippen LogP contribution < -0.4 is 0 Å². The number of hydrogen-bond donors (Lipinski definition) is 0. The molecule has 8 aromatic carbocycles. The van der Waals surface area contributed by atoms with Gasteiger partial charge in [0.25, 0.3) is 0 Å². The maximum absolute atomic E-state index is 14.8. The normalized spacial score (nSPS) is 11.8. The summed E-state index contributed by atoms with van der Waals surface area (Å²) in [6.45, 7) is 0. The predicted molar refractivity (Wildman–Crippen MR) is 221 cm³/mol. The highest BCUT2D eigenvalue weighted by atomic mass is 19.4. The Morgan fingerprint density at radius 3 is 1.46 bits per heavy atom. The third-order valence-corrected chi connectivity index (χ3v) is 10.8. The van der Waals surface area contributed by atoms with Crippen LogP contribution in [0.3, 0.4) is 0 Å². The van der Waals surface area contributed by atoms with Gasteiger partial charge in [-0.3, -0.25) is 0 Å². The van der Waals surface area contributed by atoms with Crippen molar-refractivity contribution in [1.82, 2.24) is 9.13 Å². The Bertz CT molecular complexity index is 3180. The van der Waals surface area contributed by atoms with Crippen LogP contribution in [-0.4, -0.2) is 9.13 Å². The lowest BCUT2D eigenvalue weighted by atomic mass is 9.94. The number of nitrogens with zero attached hydrogens (tertiary/aromatic N) is 3. The van der Waals surface area contributed by atoms with Crippen LogP contribution in [0.4, 0.5) is 13.2 Å². The van der Waals surface area contributed by atoms with E-state index in [4.69, 9.17) is 0 Å². The molecule has 0 amide bonds. The summed E-state index contributed by atoms with van der Waals surface area (Å²) < 4.78 is 48.5. The predicted octanol–water partition coefficient (Wildman–Crippen LogP) is 13.8. The van der Waals surface area contributed by atoms with Crippen molar-refractivity contribution in [3.8, 4) is 50.8 Å². The summed E-state index contributed by atoms with van der Waals surface area (Å²) in [7, 11) is 0. The van der Waals surface area contributed by atoms with Gasteiger partial charge in [-0.15, -0.1) is 0 Å². The van der Waals surface area contributed by atoms with Crippen LogP contribution in [0.2, 0.25) is 0 Å². The molecule has 0 spiro atoms. The van der Waals surface area contributed by atoms with Gasteiger partial charge >= 0.3 is 6.18 Å². The molecule has 0 fully saturated rings. The number of halogens is 3. The molecule has 0 atom stereocenters. The van der Waals surface area contributed by atoms with Gasteiger partial charge in [0.15, 0.2) is 0 Å². The van der Waals surface area contributed by atoms with Gasteiger partial charge in [-0.25, -0.2) is 0 Å². The maximum Gasteiger partial charge on any atom is 0.417 e. The van der Waals surface area contributed by atoms with Crippen LogP contribution in [-0.2, 0) is 6.18 Å². The van der Waals surface area contributed by atoms with E-state index in [1.165, 1.54) is 12.1 Å². The molecule has 0 radical (unpaired) electrons. The summed E-state index contributed by atoms with van der Waals surface area (Å²) in [5, 5.41) is 15.2. The van der Waals surface area contributed by atoms with Crippen LogP contribution in [0.1, 0.15) is 11.1 Å². The van der Waals surface area contributed by atoms with E-state index < -0.39 is 11.7 Å². The minimum absolute atomic E-state index is 0.000359. The fourth-order valence-corrected chi connectivity index (χ4v) is 8.36. The Morgan fingerprint density at radius 1 is 0.411 bits per heavy atom. The Hall–Kier alpha value is -7.36. The third kappa shape index (κ3) is 5.20. The van der Waals surface area contributed by atoms with Crippen molar-refractivity contribution in [1.29, 1.82) is 5.26 Å². The summed E-state index contributed by atoms with van der Waals surface area (Å²) in [4.78, 5) is 0. The number of nitriles is 1. The molecule has 2 aromatic heterocycles. The van der Waals surface area contributed by atoms with E-state index in [0.29, 0.717) is 16.9 Å². The number of fused-ring (bicyclic) bond motifs is 6. The molecular formula is C50H30F3N3. The van der Waals surface area contributed by atoms with E-state index in [2.05, 4.69) is 65.2 Å². The van der Waals surface area contributed by atoms with E-state index in [9.17, 15) is 18.4 Å². The first-order valence-electron chi connectivity index (χ1n) is 18.3. The molecule has 6 heteroatoms. The lowest BCUT2D eigenvalue weighted by Crippen LogP contribution is -2.10. The molecule has 0 aliphatic heterocycles. The SMILES string of the molecule is N#Cc1c(-n2c3ccccc3c3cc(-c4ccccc4)ccc32)ccc(-c2ccccc2C(F)(F)F)c1-n1c2ccccc2c2cc(-c3ccccc3)ccc21. The average Bonchev–Trinajstić information content (AvgIpc) is 3.75. The monoisotopic (exact) mass is 729 g/mol. The minimum Gasteiger partial charge on any atom is -0.308 e. The lowest BCUT2D eigenvalue weighted by molar-refractivity contribution is -0.137. The van der Waals surface area contributed by atoms with Gasteiger partial charge in [0.2, 0.25) is 0 Å². The summed E-state index contributed by atoms with van der Waals surface area (Å²) in [6.07, 6.45) is -4.63. The van der Waals surface area contributed by atoms with E-state index in [1.807, 2.05) is 95.6 Å². The quantitative estimate of drug-likeness (QED) is 0.174. The van der Waals surface area contributed by atoms with E-state index in [0.717, 1.165) is 71.9 Å². The van der Waals surface area contributed by atoms with Crippen LogP contribution in [0, 0.1) is 11.3 Å². The summed E-state index contributed by atoms with van der Waals surface area (Å²) >= 11 is 0. The second-order valence-corrected chi connectivity index (χ2v) is 13.9. The molecule has 0 aliphatic rings. The van der Waals surface area contributed by atoms with Crippen molar-refractivity contribution in [3.05, 3.63) is 193 Å². The summed E-state index contributed by atoms with van der Waals surface area (Å²) in [6, 6.07) is 60.3. The second-order valence-electron chi connectivity index (χ2n) is 13.9. The van der Waals surface area contributed by atoms with Gasteiger partial charge in [-0.2, -0.15) is 18.4 Å². The first-order valence-corrected chi connectivity index (χ1v) is 18.3. The molecule has 0 bridgehead atoms. The van der Waals surface area contributed by atoms with Crippen LogP contribution in [0.25, 0.3) is 88.4 Å². The molecule has 3 nitrogen and oxygen atoms in total. The fraction of sp³-hybridized carbons (Fsp3) is 0.0200. The number of hydrogen-bond acceptors (Lipinski definition) is 1. The van der Waals surface area contributed by atoms with Gasteiger partial charge in [0.05, 0.1) is 39.0 Å². The van der Waals surface area contributed by atoms with Crippen LogP contribution >= 0.6 is 0 Å². The maximum atomic E-state index is 14.8. The summed E-state index contributed by atoms with van der Waals surface area (Å²) in [5.74, 6) is 0. The topological polar surface area (TPSA) is 33.6 Å². The van der Waals surface area contributed by atoms with E-state index in [-0.39, 0.29) is 11.1 Å². The molecular weight excluding hydrogens is 700 g/mol. The first-order chi connectivity index (χ1) is 27.4. The first kappa shape index (κ1) is 33.2. The third-order valence-electron chi connectivity index (χ3n) is 10.8. The van der Waals surface area contributed by atoms with Gasteiger partial charge in [0, 0.05) is 27.1 Å². The molecule has 0 N–H and O–H groups in total.